The van der Waals surface area contributed by atoms with E-state index in [2.05, 4.69) is 17.6 Å². The first kappa shape index (κ1) is 26.7. The molecule has 9 nitrogen and oxygen atoms in total. The molecule has 0 unspecified atom stereocenters. The zero-order valence-corrected chi connectivity index (χ0v) is 19.5. The molecule has 1 aliphatic rings. The van der Waals surface area contributed by atoms with Crippen molar-refractivity contribution in [2.45, 2.75) is 91.3 Å². The van der Waals surface area contributed by atoms with Crippen LogP contribution in [-0.2, 0) is 19.1 Å². The highest BCUT2D eigenvalue weighted by atomic mass is 16.5. The van der Waals surface area contributed by atoms with E-state index in [0.717, 1.165) is 19.3 Å². The molecular weight excluding hydrogens is 402 g/mol. The Morgan fingerprint density at radius 3 is 2.32 bits per heavy atom. The average Bonchev–Trinajstić information content (AvgIpc) is 3.17. The van der Waals surface area contributed by atoms with Crippen molar-refractivity contribution in [1.82, 2.24) is 15.5 Å². The summed E-state index contributed by atoms with van der Waals surface area (Å²) in [6.45, 7) is 10.1. The number of hydrogen-bond acceptors (Lipinski definition) is 5. The van der Waals surface area contributed by atoms with E-state index in [1.807, 2.05) is 27.7 Å². The third-order valence-electron chi connectivity index (χ3n) is 5.35. The second-order valence-corrected chi connectivity index (χ2v) is 8.93. The Kier molecular flexibility index (Phi) is 11.3. The van der Waals surface area contributed by atoms with Crippen LogP contribution in [-0.4, -0.2) is 65.2 Å². The van der Waals surface area contributed by atoms with Crippen molar-refractivity contribution in [3.63, 3.8) is 0 Å². The van der Waals surface area contributed by atoms with E-state index < -0.39 is 36.1 Å². The summed E-state index contributed by atoms with van der Waals surface area (Å²) in [6.07, 6.45) is 3.48. The Hall–Kier alpha value is -2.32. The molecule has 0 aromatic rings. The molecule has 0 aromatic heterocycles. The first-order valence-corrected chi connectivity index (χ1v) is 11.3. The predicted molar refractivity (Wildman–Crippen MR) is 116 cm³/mol. The summed E-state index contributed by atoms with van der Waals surface area (Å²) in [5, 5.41) is 14.6. The van der Waals surface area contributed by atoms with Crippen LogP contribution in [0.4, 0.5) is 4.79 Å². The number of carbonyl (C=O) groups excluding carboxylic acids is 3. The molecule has 9 heteroatoms. The molecule has 0 aliphatic carbocycles. The van der Waals surface area contributed by atoms with Crippen LogP contribution in [0.2, 0.25) is 0 Å². The number of alkyl carbamates (subject to hydrolysis) is 1. The number of carboxylic acids is 1. The van der Waals surface area contributed by atoms with E-state index in [1.165, 1.54) is 4.90 Å². The highest BCUT2D eigenvalue weighted by Gasteiger charge is 2.39. The smallest absolute Gasteiger partial charge is 0.407 e. The number of amides is 3. The van der Waals surface area contributed by atoms with Gasteiger partial charge in [0.25, 0.3) is 0 Å². The highest BCUT2D eigenvalue weighted by Crippen LogP contribution is 2.21. The summed E-state index contributed by atoms with van der Waals surface area (Å²) in [5.41, 5.74) is 0. The lowest BCUT2D eigenvalue weighted by atomic mass is 10.0. The summed E-state index contributed by atoms with van der Waals surface area (Å²) >= 11 is 0. The molecule has 1 fully saturated rings. The number of nitrogens with zero attached hydrogens (tertiary/aromatic N) is 1. The van der Waals surface area contributed by atoms with Gasteiger partial charge in [-0.2, -0.15) is 0 Å². The summed E-state index contributed by atoms with van der Waals surface area (Å²) in [7, 11) is 0. The second-order valence-electron chi connectivity index (χ2n) is 8.93. The molecule has 0 saturated carbocycles. The molecule has 31 heavy (non-hydrogen) atoms. The molecule has 0 aromatic carbocycles. The molecule has 1 heterocycles. The molecule has 0 radical (unpaired) electrons. The molecule has 1 aliphatic heterocycles. The molecule has 3 amide bonds. The van der Waals surface area contributed by atoms with Gasteiger partial charge in [0.1, 0.15) is 18.1 Å². The van der Waals surface area contributed by atoms with Crippen LogP contribution >= 0.6 is 0 Å². The Morgan fingerprint density at radius 1 is 1.10 bits per heavy atom. The van der Waals surface area contributed by atoms with Crippen LogP contribution in [0.3, 0.4) is 0 Å². The normalized spacial score (nSPS) is 18.0. The van der Waals surface area contributed by atoms with E-state index in [-0.39, 0.29) is 17.7 Å². The molecule has 178 valence electrons. The number of nitrogens with one attached hydrogen (secondary N) is 2. The number of hydrogen-bond donors (Lipinski definition) is 3. The van der Waals surface area contributed by atoms with Gasteiger partial charge in [-0.25, -0.2) is 9.59 Å². The van der Waals surface area contributed by atoms with Gasteiger partial charge < -0.3 is 25.4 Å². The molecule has 3 atom stereocenters. The topological polar surface area (TPSA) is 125 Å². The van der Waals surface area contributed by atoms with E-state index >= 15 is 0 Å². The van der Waals surface area contributed by atoms with Gasteiger partial charge in [-0.15, -0.1) is 0 Å². The van der Waals surface area contributed by atoms with Gasteiger partial charge in [0.2, 0.25) is 11.8 Å². The molecule has 1 rings (SSSR count). The van der Waals surface area contributed by atoms with E-state index in [9.17, 15) is 24.3 Å². The molecule has 1 saturated heterocycles. The summed E-state index contributed by atoms with van der Waals surface area (Å²) < 4.78 is 5.16. The molecule has 0 bridgehead atoms. The van der Waals surface area contributed by atoms with Crippen molar-refractivity contribution < 1.29 is 29.0 Å². The first-order valence-electron chi connectivity index (χ1n) is 11.3. The molecule has 0 spiro atoms. The lowest BCUT2D eigenvalue weighted by molar-refractivity contribution is -0.145. The number of unbranched alkanes of at least 4 members (excludes halogenated alkanes) is 2. The number of rotatable bonds is 12. The van der Waals surface area contributed by atoms with Gasteiger partial charge in [-0.05, 0) is 37.5 Å². The fourth-order valence-electron chi connectivity index (χ4n) is 3.64. The fraction of sp³-hybridized carbons (Fsp3) is 0.818. The fourth-order valence-corrected chi connectivity index (χ4v) is 3.64. The zero-order valence-electron chi connectivity index (χ0n) is 19.5. The van der Waals surface area contributed by atoms with Crippen molar-refractivity contribution in [2.75, 3.05) is 13.2 Å². The van der Waals surface area contributed by atoms with Gasteiger partial charge in [-0.1, -0.05) is 47.5 Å². The largest absolute Gasteiger partial charge is 0.480 e. The van der Waals surface area contributed by atoms with Crippen LogP contribution in [0.25, 0.3) is 0 Å². The molecular formula is C22H39N3O6. The lowest BCUT2D eigenvalue weighted by Gasteiger charge is -2.31. The van der Waals surface area contributed by atoms with Crippen molar-refractivity contribution in [3.05, 3.63) is 0 Å². The Bertz CT molecular complexity index is 622. The number of carbonyl (C=O) groups is 4. The van der Waals surface area contributed by atoms with Crippen molar-refractivity contribution in [1.29, 1.82) is 0 Å². The second kappa shape index (κ2) is 13.2. The third kappa shape index (κ3) is 8.75. The number of aliphatic carboxylic acids is 1. The number of ether oxygens (including phenoxy) is 1. The summed E-state index contributed by atoms with van der Waals surface area (Å²) in [4.78, 5) is 51.0. The van der Waals surface area contributed by atoms with Crippen LogP contribution in [0.1, 0.15) is 73.1 Å². The minimum Gasteiger partial charge on any atom is -0.480 e. The third-order valence-corrected chi connectivity index (χ3v) is 5.35. The summed E-state index contributed by atoms with van der Waals surface area (Å²) in [5.74, 6) is -2.02. The maximum atomic E-state index is 13.2. The average molecular weight is 442 g/mol. The van der Waals surface area contributed by atoms with Crippen LogP contribution < -0.4 is 10.6 Å². The van der Waals surface area contributed by atoms with E-state index in [4.69, 9.17) is 4.74 Å². The predicted octanol–water partition coefficient (Wildman–Crippen LogP) is 2.53. The maximum absolute atomic E-state index is 13.2. The minimum atomic E-state index is -1.09. The highest BCUT2D eigenvalue weighted by molar-refractivity contribution is 5.93. The van der Waals surface area contributed by atoms with Crippen LogP contribution in [0.15, 0.2) is 0 Å². The Balaban J connectivity index is 2.79. The van der Waals surface area contributed by atoms with Crippen LogP contribution in [0, 0.1) is 11.8 Å². The first-order chi connectivity index (χ1) is 14.6. The van der Waals surface area contributed by atoms with Gasteiger partial charge >= 0.3 is 12.1 Å². The molecule has 3 N–H and O–H groups in total. The van der Waals surface area contributed by atoms with E-state index in [1.54, 1.807) is 0 Å². The Morgan fingerprint density at radius 2 is 1.77 bits per heavy atom. The SMILES string of the molecule is CCCCCOC(=O)N[C@H](C(=O)N1CCC[C@H]1C(=O)N[C@@H](CC(C)C)C(=O)O)C(C)C. The number of likely N-dealkylation sites (tertiary alicyclic amines) is 1. The van der Waals surface area contributed by atoms with Crippen LogP contribution in [0.5, 0.6) is 0 Å². The van der Waals surface area contributed by atoms with Gasteiger partial charge in [-0.3, -0.25) is 9.59 Å². The minimum absolute atomic E-state index is 0.0978. The van der Waals surface area contributed by atoms with Crippen molar-refractivity contribution in [2.24, 2.45) is 11.8 Å². The summed E-state index contributed by atoms with van der Waals surface area (Å²) in [6, 6.07) is -2.56. The standard InChI is InChI=1S/C22H39N3O6/c1-6-7-8-12-31-22(30)24-18(15(4)5)20(27)25-11-9-10-17(25)19(26)23-16(21(28)29)13-14(2)3/h14-18H,6-13H2,1-5H3,(H,23,26)(H,24,30)(H,28,29)/t16-,17-,18-/m0/s1. The van der Waals surface area contributed by atoms with Gasteiger partial charge in [0, 0.05) is 6.54 Å². The van der Waals surface area contributed by atoms with Crippen molar-refractivity contribution in [3.8, 4) is 0 Å². The van der Waals surface area contributed by atoms with Gasteiger partial charge in [0.15, 0.2) is 0 Å². The van der Waals surface area contributed by atoms with Gasteiger partial charge in [0.05, 0.1) is 6.61 Å². The lowest BCUT2D eigenvalue weighted by Crippen LogP contribution is -2.56. The zero-order chi connectivity index (χ0) is 23.6. The quantitative estimate of drug-likeness (QED) is 0.400. The van der Waals surface area contributed by atoms with E-state index in [0.29, 0.717) is 32.4 Å². The Labute approximate surface area is 185 Å². The maximum Gasteiger partial charge on any atom is 0.407 e. The number of carboxylic acid groups (broad SMARTS) is 1. The van der Waals surface area contributed by atoms with Crippen molar-refractivity contribution >= 4 is 23.9 Å². The monoisotopic (exact) mass is 441 g/mol.